The van der Waals surface area contributed by atoms with Gasteiger partial charge in [0.15, 0.2) is 6.10 Å². The number of esters is 2. The minimum absolute atomic E-state index is 0. The molecular weight excluding hydrogens is 519 g/mol. The summed E-state index contributed by atoms with van der Waals surface area (Å²) < 4.78 is 24.1. The van der Waals surface area contributed by atoms with Crippen LogP contribution in [0, 0.1) is 119 Å². The van der Waals surface area contributed by atoms with Gasteiger partial charge in [0.2, 0.25) is 0 Å². The topological polar surface area (TPSA) is 160 Å². The molecule has 0 rings (SSSR count). The number of rotatable bonds is 6. The molecule has 0 heterocycles. The first-order valence-electron chi connectivity index (χ1n) is 8.25. The third-order valence-electron chi connectivity index (χ3n) is 2.32. The van der Waals surface area contributed by atoms with Crippen molar-refractivity contribution in [3.63, 3.8) is 0 Å². The maximum Gasteiger partial charge on any atom is 1.00 e. The summed E-state index contributed by atoms with van der Waals surface area (Å²) in [6, 6.07) is 0. The van der Waals surface area contributed by atoms with E-state index in [9.17, 15) is 23.9 Å². The van der Waals surface area contributed by atoms with E-state index in [0.717, 1.165) is 0 Å². The van der Waals surface area contributed by atoms with E-state index < -0.39 is 39.1 Å². The molecule has 12 heteroatoms. The van der Waals surface area contributed by atoms with Crippen LogP contribution in [-0.2, 0) is 28.2 Å². The van der Waals surface area contributed by atoms with Crippen LogP contribution in [0.25, 0.3) is 0 Å². The molecule has 0 saturated carbocycles. The largest absolute Gasteiger partial charge is 1.00 e. The predicted octanol–water partition coefficient (Wildman–Crippen LogP) is -3.33. The van der Waals surface area contributed by atoms with Crippen molar-refractivity contribution in [2.24, 2.45) is 0 Å². The van der Waals surface area contributed by atoms with Crippen molar-refractivity contribution in [3.05, 3.63) is 0 Å². The van der Waals surface area contributed by atoms with Crippen LogP contribution >= 0.6 is 7.82 Å². The molecule has 0 saturated heterocycles. The van der Waals surface area contributed by atoms with Crippen LogP contribution in [0.1, 0.15) is 28.5 Å². The molecule has 210 valence electrons. The van der Waals surface area contributed by atoms with E-state index in [-0.39, 0.29) is 93.8 Å². The molecule has 0 aliphatic carbocycles. The molecule has 0 amide bonds. The molecule has 0 aromatic rings. The molecule has 0 fully saturated rings. The molecule has 0 spiro atoms. The van der Waals surface area contributed by atoms with Crippen molar-refractivity contribution in [1.29, 1.82) is 0 Å². The first kappa shape index (κ1) is 40.8. The third kappa shape index (κ3) is 30.6. The minimum atomic E-state index is -5.39. The number of phosphoric acid groups is 1. The average Bonchev–Trinajstić information content (AvgIpc) is 2.78. The second kappa shape index (κ2) is 27.2. The molecule has 3 N–H and O–H groups in total. The standard InChI is InChI=1S/C25H9O8P.H3N.2Na.20H2/c1-3-5-7-9-11-12-13-14-16-17-19-24(26)31-21-23(22-32-34(28,29)30)33-25(27)20-18-15-10-8-6-4-2;;;;;;;;;;;;;;;;;;;;;;;/h1-2,23H,21-22H2,(H2,28,29,30);1H3;;;20*1H/q;;2*+1;;;;;;;;;;;;;;;;;;;;/p-2/t23-;;;;;;;;;;;;;;;;;;;;;;;/m1......................./s1. The van der Waals surface area contributed by atoms with Gasteiger partial charge in [0.1, 0.15) is 6.61 Å². The number of carbonyl (C=O) groups excluding carboxylic acids is 2. The molecule has 1 atom stereocenters. The third-order valence-corrected chi connectivity index (χ3v) is 2.78. The number of carbonyl (C=O) groups is 2. The van der Waals surface area contributed by atoms with E-state index in [0.29, 0.717) is 0 Å². The summed E-state index contributed by atoms with van der Waals surface area (Å²) in [5.41, 5.74) is 0. The zero-order valence-electron chi connectivity index (χ0n) is 19.6. The van der Waals surface area contributed by atoms with Gasteiger partial charge in [0, 0.05) is 40.4 Å². The Balaban J connectivity index is -0.0000000215. The molecule has 0 aliphatic heterocycles. The van der Waals surface area contributed by atoms with E-state index in [2.05, 4.69) is 98.1 Å². The SMILES string of the molecule is C#CC#CC#CC#CC#CC#CC(=O)OC[C@H](COP(=O)([O-])[O-])OC(=O)C#CC#CC#CC#C.N.[HH].[HH].[HH].[HH].[HH].[HH].[HH].[HH].[HH].[HH].[HH].[HH].[HH].[HH].[HH].[HH].[HH].[HH].[HH].[HH].[Na+].[Na+]. The van der Waals surface area contributed by atoms with Gasteiger partial charge in [-0.05, 0) is 94.7 Å². The summed E-state index contributed by atoms with van der Waals surface area (Å²) in [5, 5.41) is 0. The number of phosphoric ester groups is 1. The number of hydrogen-bond acceptors (Lipinski definition) is 9. The fourth-order valence-electron chi connectivity index (χ4n) is 1.23. The fourth-order valence-corrected chi connectivity index (χ4v) is 1.57. The first-order valence-corrected chi connectivity index (χ1v) is 9.71. The van der Waals surface area contributed by atoms with Crippen molar-refractivity contribution in [2.75, 3.05) is 13.2 Å². The molecule has 9 nitrogen and oxygen atoms in total. The van der Waals surface area contributed by atoms with Crippen LogP contribution in [0.5, 0.6) is 0 Å². The first-order chi connectivity index (χ1) is 16.3. The van der Waals surface area contributed by atoms with Crippen molar-refractivity contribution >= 4 is 19.8 Å². The van der Waals surface area contributed by atoms with Gasteiger partial charge in [0.25, 0.3) is 0 Å². The predicted molar refractivity (Wildman–Crippen MR) is 162 cm³/mol. The Hall–Kier alpha value is -3.39. The Kier molecular flexibility index (Phi) is 30.0. The zero-order chi connectivity index (χ0) is 25.5. The zero-order valence-corrected chi connectivity index (χ0v) is 24.5. The van der Waals surface area contributed by atoms with Crippen molar-refractivity contribution in [3.8, 4) is 119 Å². The summed E-state index contributed by atoms with van der Waals surface area (Å²) in [4.78, 5) is 44.5. The molecule has 0 radical (unpaired) electrons. The van der Waals surface area contributed by atoms with Gasteiger partial charge in [-0.3, -0.25) is 0 Å². The summed E-state index contributed by atoms with van der Waals surface area (Å²) >= 11 is 0. The van der Waals surface area contributed by atoms with Crippen LogP contribution in [0.2, 0.25) is 0 Å². The molecule has 37 heavy (non-hydrogen) atoms. The normalized spacial score (nSPS) is 7.46. The van der Waals surface area contributed by atoms with Crippen LogP contribution in [0.4, 0.5) is 0 Å². The molecule has 0 unspecified atom stereocenters. The molecular formula is C25H50NNa2O8P. The van der Waals surface area contributed by atoms with Gasteiger partial charge in [0.05, 0.1) is 14.4 Å². The van der Waals surface area contributed by atoms with Gasteiger partial charge >= 0.3 is 71.1 Å². The number of ether oxygens (including phenoxy) is 2. The molecule has 0 aromatic carbocycles. The van der Waals surface area contributed by atoms with Gasteiger partial charge in [-0.2, -0.15) is 0 Å². The van der Waals surface area contributed by atoms with E-state index in [1.165, 1.54) is 0 Å². The molecule has 0 aromatic heterocycles. The van der Waals surface area contributed by atoms with E-state index in [1.807, 2.05) is 17.8 Å². The van der Waals surface area contributed by atoms with E-state index >= 15 is 0 Å². The van der Waals surface area contributed by atoms with Gasteiger partial charge in [-0.15, -0.1) is 12.8 Å². The van der Waals surface area contributed by atoms with Crippen LogP contribution in [0.3, 0.4) is 0 Å². The second-order valence-electron chi connectivity index (χ2n) is 4.66. The van der Waals surface area contributed by atoms with Crippen LogP contribution in [0.15, 0.2) is 0 Å². The molecule has 0 bridgehead atoms. The summed E-state index contributed by atoms with van der Waals surface area (Å²) in [6.07, 6.45) is 8.27. The second-order valence-corrected chi connectivity index (χ2v) is 5.81. The Bertz CT molecular complexity index is 1510. The maximum absolute atomic E-state index is 11.6. The fraction of sp³-hybridized carbons (Fsp3) is 0.120. The quantitative estimate of drug-likeness (QED) is 0.113. The summed E-state index contributed by atoms with van der Waals surface area (Å²) in [7, 11) is -5.39. The Morgan fingerprint density at radius 1 is 0.703 bits per heavy atom. The number of hydrogen-bond donors (Lipinski definition) is 1. The monoisotopic (exact) mass is 569 g/mol. The maximum atomic E-state index is 11.6. The van der Waals surface area contributed by atoms with Crippen LogP contribution < -0.4 is 75.1 Å². The van der Waals surface area contributed by atoms with E-state index in [1.54, 1.807) is 0 Å². The summed E-state index contributed by atoms with van der Waals surface area (Å²) in [5.74, 6) is 37.2. The average molecular weight is 570 g/mol. The Labute approximate surface area is 289 Å². The number of terminal acetylenes is 2. The van der Waals surface area contributed by atoms with Crippen molar-refractivity contribution in [1.82, 2.24) is 6.15 Å². The van der Waals surface area contributed by atoms with Crippen LogP contribution in [-0.4, -0.2) is 31.3 Å². The van der Waals surface area contributed by atoms with Crippen molar-refractivity contribution in [2.45, 2.75) is 6.10 Å². The summed E-state index contributed by atoms with van der Waals surface area (Å²) in [6.45, 7) is -1.64. The Morgan fingerprint density at radius 2 is 1.08 bits per heavy atom. The van der Waals surface area contributed by atoms with Crippen molar-refractivity contribution < 1.29 is 126 Å². The van der Waals surface area contributed by atoms with Gasteiger partial charge < -0.3 is 34.5 Å². The van der Waals surface area contributed by atoms with E-state index in [4.69, 9.17) is 17.6 Å². The minimum Gasteiger partial charge on any atom is -0.790 e. The van der Waals surface area contributed by atoms with Gasteiger partial charge in [-0.1, -0.05) is 0 Å². The Morgan fingerprint density at radius 3 is 1.49 bits per heavy atom. The molecule has 0 aliphatic rings. The smallest absolute Gasteiger partial charge is 0.790 e. The van der Waals surface area contributed by atoms with Gasteiger partial charge in [-0.25, -0.2) is 9.59 Å².